The highest BCUT2D eigenvalue weighted by Gasteiger charge is 2.21. The summed E-state index contributed by atoms with van der Waals surface area (Å²) in [6, 6.07) is 15.6. The van der Waals surface area contributed by atoms with Crippen LogP contribution in [0.15, 0.2) is 61.2 Å². The summed E-state index contributed by atoms with van der Waals surface area (Å²) in [5.41, 5.74) is 8.77. The summed E-state index contributed by atoms with van der Waals surface area (Å²) < 4.78 is 0. The predicted octanol–water partition coefficient (Wildman–Crippen LogP) is 6.41. The zero-order chi connectivity index (χ0) is 15.4. The molecule has 3 rings (SSSR count). The Morgan fingerprint density at radius 1 is 1.05 bits per heavy atom. The van der Waals surface area contributed by atoms with E-state index >= 15 is 0 Å². The second-order valence-electron chi connectivity index (χ2n) is 5.97. The molecule has 2 aromatic carbocycles. The van der Waals surface area contributed by atoms with Gasteiger partial charge in [-0.15, -0.1) is 6.58 Å². The van der Waals surface area contributed by atoms with Crippen LogP contribution >= 0.6 is 0 Å². The van der Waals surface area contributed by atoms with Crippen LogP contribution in [0.3, 0.4) is 0 Å². The molecule has 0 spiro atoms. The Morgan fingerprint density at radius 3 is 2.68 bits per heavy atom. The molecule has 0 nitrogen and oxygen atoms in total. The molecule has 0 aromatic heterocycles. The van der Waals surface area contributed by atoms with Gasteiger partial charge in [0.25, 0.3) is 0 Å². The first-order valence-corrected chi connectivity index (χ1v) is 8.35. The van der Waals surface area contributed by atoms with E-state index in [-0.39, 0.29) is 0 Å². The number of hydrogen-bond acceptors (Lipinski definition) is 0. The molecular weight excluding hydrogens is 264 g/mol. The highest BCUT2D eigenvalue weighted by Crippen LogP contribution is 2.40. The third-order valence-electron chi connectivity index (χ3n) is 4.58. The van der Waals surface area contributed by atoms with E-state index in [2.05, 4.69) is 62.0 Å². The summed E-state index contributed by atoms with van der Waals surface area (Å²) in [5.74, 6) is 0. The fourth-order valence-electron chi connectivity index (χ4n) is 3.44. The Hall–Kier alpha value is -2.08. The molecule has 0 saturated carbocycles. The number of rotatable bonds is 6. The SMILES string of the molecule is C=CCCCC=C(CC)c1cccc2c1Cc1ccccc1-2. The van der Waals surface area contributed by atoms with Gasteiger partial charge in [-0.2, -0.15) is 0 Å². The van der Waals surface area contributed by atoms with Crippen molar-refractivity contribution in [2.24, 2.45) is 0 Å². The molecule has 112 valence electrons. The van der Waals surface area contributed by atoms with Gasteiger partial charge in [-0.05, 0) is 65.5 Å². The van der Waals surface area contributed by atoms with E-state index in [9.17, 15) is 0 Å². The van der Waals surface area contributed by atoms with Crippen molar-refractivity contribution < 1.29 is 0 Å². The van der Waals surface area contributed by atoms with E-state index in [0.717, 1.165) is 25.7 Å². The maximum Gasteiger partial charge on any atom is -0.000740 e. The number of hydrogen-bond donors (Lipinski definition) is 0. The molecule has 0 atom stereocenters. The summed E-state index contributed by atoms with van der Waals surface area (Å²) in [5, 5.41) is 0. The molecule has 1 aliphatic carbocycles. The average molecular weight is 288 g/mol. The molecule has 0 N–H and O–H groups in total. The van der Waals surface area contributed by atoms with Crippen LogP contribution in [0.2, 0.25) is 0 Å². The lowest BCUT2D eigenvalue weighted by Gasteiger charge is -2.11. The van der Waals surface area contributed by atoms with Crippen LogP contribution in [-0.2, 0) is 6.42 Å². The van der Waals surface area contributed by atoms with Crippen molar-refractivity contribution in [3.63, 3.8) is 0 Å². The quantitative estimate of drug-likeness (QED) is 0.363. The van der Waals surface area contributed by atoms with Crippen LogP contribution < -0.4 is 0 Å². The molecule has 1 aliphatic rings. The van der Waals surface area contributed by atoms with E-state index in [1.54, 1.807) is 0 Å². The summed E-state index contributed by atoms with van der Waals surface area (Å²) in [6.45, 7) is 6.07. The van der Waals surface area contributed by atoms with Crippen molar-refractivity contribution >= 4 is 5.57 Å². The molecule has 0 heteroatoms. The first kappa shape index (κ1) is 14.8. The maximum absolute atomic E-state index is 3.81. The van der Waals surface area contributed by atoms with Crippen molar-refractivity contribution in [3.8, 4) is 11.1 Å². The molecule has 0 unspecified atom stereocenters. The van der Waals surface area contributed by atoms with Gasteiger partial charge in [0.15, 0.2) is 0 Å². The topological polar surface area (TPSA) is 0 Å². The zero-order valence-corrected chi connectivity index (χ0v) is 13.4. The van der Waals surface area contributed by atoms with Gasteiger partial charge in [-0.3, -0.25) is 0 Å². The minimum Gasteiger partial charge on any atom is -0.103 e. The average Bonchev–Trinajstić information content (AvgIpc) is 2.94. The molecule has 0 bridgehead atoms. The molecule has 0 radical (unpaired) electrons. The Labute approximate surface area is 134 Å². The van der Waals surface area contributed by atoms with Crippen LogP contribution in [0, 0.1) is 0 Å². The monoisotopic (exact) mass is 288 g/mol. The minimum atomic E-state index is 1.08. The Kier molecular flexibility index (Phi) is 4.58. The van der Waals surface area contributed by atoms with Crippen LogP contribution in [0.5, 0.6) is 0 Å². The van der Waals surface area contributed by atoms with Crippen LogP contribution in [0.4, 0.5) is 0 Å². The molecule has 0 heterocycles. The maximum atomic E-state index is 3.81. The molecule has 0 amide bonds. The van der Waals surface area contributed by atoms with Crippen LogP contribution in [0.25, 0.3) is 16.7 Å². The van der Waals surface area contributed by atoms with Gasteiger partial charge in [0.2, 0.25) is 0 Å². The van der Waals surface area contributed by atoms with Crippen molar-refractivity contribution in [2.45, 2.75) is 39.0 Å². The first-order valence-electron chi connectivity index (χ1n) is 8.35. The summed E-state index contributed by atoms with van der Waals surface area (Å²) in [4.78, 5) is 0. The van der Waals surface area contributed by atoms with Gasteiger partial charge >= 0.3 is 0 Å². The van der Waals surface area contributed by atoms with Crippen LogP contribution in [0.1, 0.15) is 49.3 Å². The molecule has 0 saturated heterocycles. The van der Waals surface area contributed by atoms with Gasteiger partial charge in [0.05, 0.1) is 0 Å². The smallest absolute Gasteiger partial charge is 0.000740 e. The lowest BCUT2D eigenvalue weighted by atomic mass is 9.93. The van der Waals surface area contributed by atoms with Crippen molar-refractivity contribution in [1.29, 1.82) is 0 Å². The van der Waals surface area contributed by atoms with Crippen molar-refractivity contribution in [2.75, 3.05) is 0 Å². The summed E-state index contributed by atoms with van der Waals surface area (Å²) >= 11 is 0. The highest BCUT2D eigenvalue weighted by molar-refractivity contribution is 5.83. The Bertz CT molecular complexity index is 704. The number of fused-ring (bicyclic) bond motifs is 3. The first-order chi connectivity index (χ1) is 10.8. The minimum absolute atomic E-state index is 1.08. The predicted molar refractivity (Wildman–Crippen MR) is 97.0 cm³/mol. The normalized spacial score (nSPS) is 12.9. The van der Waals surface area contributed by atoms with E-state index in [4.69, 9.17) is 0 Å². The van der Waals surface area contributed by atoms with E-state index in [1.807, 2.05) is 6.08 Å². The number of benzene rings is 2. The van der Waals surface area contributed by atoms with E-state index in [0.29, 0.717) is 0 Å². The third-order valence-corrected chi connectivity index (χ3v) is 4.58. The fraction of sp³-hybridized carbons (Fsp3) is 0.273. The van der Waals surface area contributed by atoms with Gasteiger partial charge in [-0.1, -0.05) is 61.5 Å². The standard InChI is InChI=1S/C22H24/c1-3-5-6-7-11-17(4-2)19-14-10-15-21-20-13-9-8-12-18(20)16-22(19)21/h3,8-15H,1,4-7,16H2,2H3. The molecular formula is C22H24. The third kappa shape index (κ3) is 2.78. The second-order valence-corrected chi connectivity index (χ2v) is 5.97. The zero-order valence-electron chi connectivity index (χ0n) is 13.4. The second kappa shape index (κ2) is 6.79. The van der Waals surface area contributed by atoms with Gasteiger partial charge < -0.3 is 0 Å². The van der Waals surface area contributed by atoms with Crippen molar-refractivity contribution in [1.82, 2.24) is 0 Å². The van der Waals surface area contributed by atoms with E-state index in [1.165, 1.54) is 39.8 Å². The van der Waals surface area contributed by atoms with E-state index < -0.39 is 0 Å². The largest absolute Gasteiger partial charge is 0.103 e. The molecule has 0 fully saturated rings. The summed E-state index contributed by atoms with van der Waals surface area (Å²) in [6.07, 6.45) is 10.1. The Morgan fingerprint density at radius 2 is 1.86 bits per heavy atom. The Balaban J connectivity index is 1.94. The van der Waals surface area contributed by atoms with Gasteiger partial charge in [0, 0.05) is 0 Å². The lowest BCUT2D eigenvalue weighted by Crippen LogP contribution is -1.92. The van der Waals surface area contributed by atoms with Crippen molar-refractivity contribution in [3.05, 3.63) is 77.9 Å². The molecule has 22 heavy (non-hydrogen) atoms. The highest BCUT2D eigenvalue weighted by atomic mass is 14.2. The van der Waals surface area contributed by atoms with Gasteiger partial charge in [-0.25, -0.2) is 0 Å². The lowest BCUT2D eigenvalue weighted by molar-refractivity contribution is 0.868. The fourth-order valence-corrected chi connectivity index (χ4v) is 3.44. The van der Waals surface area contributed by atoms with Gasteiger partial charge in [0.1, 0.15) is 0 Å². The molecule has 0 aliphatic heterocycles. The summed E-state index contributed by atoms with van der Waals surface area (Å²) in [7, 11) is 0. The van der Waals surface area contributed by atoms with Crippen LogP contribution in [-0.4, -0.2) is 0 Å². The number of unbranched alkanes of at least 4 members (excludes halogenated alkanes) is 2. The molecule has 2 aromatic rings. The number of allylic oxidation sites excluding steroid dienone is 3.